The predicted molar refractivity (Wildman–Crippen MR) is 50.5 cm³/mol. The number of carbonyl (C=O) groups is 1. The molecule has 1 aliphatic heterocycles. The Morgan fingerprint density at radius 3 is 2.77 bits per heavy atom. The molecule has 1 aliphatic rings. The standard InChI is InChI=1S/C9H18N2O2/c1-13-9-2-5-11(6-3-9)7-4-10-8-12/h8-9H,2-7H2,1H3,(H,10,12). The number of carbonyl (C=O) groups excluding carboxylic acids is 1. The fraction of sp³-hybridized carbons (Fsp3) is 0.889. The van der Waals surface area contributed by atoms with Crippen molar-refractivity contribution < 1.29 is 9.53 Å². The Morgan fingerprint density at radius 2 is 2.23 bits per heavy atom. The largest absolute Gasteiger partial charge is 0.381 e. The van der Waals surface area contributed by atoms with Gasteiger partial charge >= 0.3 is 0 Å². The summed E-state index contributed by atoms with van der Waals surface area (Å²) in [6.07, 6.45) is 3.41. The van der Waals surface area contributed by atoms with Gasteiger partial charge in [0.05, 0.1) is 6.10 Å². The van der Waals surface area contributed by atoms with Gasteiger partial charge in [-0.05, 0) is 12.8 Å². The average Bonchev–Trinajstić information content (AvgIpc) is 2.19. The van der Waals surface area contributed by atoms with Crippen molar-refractivity contribution in [3.05, 3.63) is 0 Å². The molecular weight excluding hydrogens is 168 g/mol. The highest BCUT2D eigenvalue weighted by atomic mass is 16.5. The van der Waals surface area contributed by atoms with E-state index in [0.29, 0.717) is 6.10 Å². The molecule has 1 rings (SSSR count). The molecule has 76 valence electrons. The first-order valence-corrected chi connectivity index (χ1v) is 4.79. The van der Waals surface area contributed by atoms with Gasteiger partial charge in [-0.15, -0.1) is 0 Å². The lowest BCUT2D eigenvalue weighted by Crippen LogP contribution is -2.40. The van der Waals surface area contributed by atoms with Crippen molar-refractivity contribution in [1.82, 2.24) is 10.2 Å². The Kier molecular flexibility index (Phi) is 4.78. The second-order valence-corrected chi connectivity index (χ2v) is 3.35. The number of likely N-dealkylation sites (tertiary alicyclic amines) is 1. The van der Waals surface area contributed by atoms with Crippen LogP contribution in [0, 0.1) is 0 Å². The van der Waals surface area contributed by atoms with Gasteiger partial charge in [0.2, 0.25) is 6.41 Å². The van der Waals surface area contributed by atoms with Crippen molar-refractivity contribution in [2.45, 2.75) is 18.9 Å². The molecule has 0 radical (unpaired) electrons. The van der Waals surface area contributed by atoms with Gasteiger partial charge in [0.25, 0.3) is 0 Å². The van der Waals surface area contributed by atoms with Gasteiger partial charge in [0.1, 0.15) is 0 Å². The van der Waals surface area contributed by atoms with E-state index in [9.17, 15) is 4.79 Å². The van der Waals surface area contributed by atoms with Gasteiger partial charge in [-0.3, -0.25) is 4.79 Å². The Labute approximate surface area is 79.2 Å². The number of methoxy groups -OCH3 is 1. The summed E-state index contributed by atoms with van der Waals surface area (Å²) in [5.74, 6) is 0. The molecule has 0 bridgehead atoms. The maximum Gasteiger partial charge on any atom is 0.207 e. The topological polar surface area (TPSA) is 41.6 Å². The predicted octanol–water partition coefficient (Wildman–Crippen LogP) is -0.157. The van der Waals surface area contributed by atoms with Crippen molar-refractivity contribution in [3.63, 3.8) is 0 Å². The van der Waals surface area contributed by atoms with Crippen LogP contribution in [-0.4, -0.2) is 50.7 Å². The second kappa shape index (κ2) is 5.94. The van der Waals surface area contributed by atoms with Gasteiger partial charge in [-0.2, -0.15) is 0 Å². The molecule has 0 aromatic heterocycles. The van der Waals surface area contributed by atoms with E-state index in [1.165, 1.54) is 0 Å². The molecule has 0 aliphatic carbocycles. The highest BCUT2D eigenvalue weighted by molar-refractivity contribution is 5.45. The third-order valence-corrected chi connectivity index (χ3v) is 2.52. The van der Waals surface area contributed by atoms with Crippen LogP contribution in [0.5, 0.6) is 0 Å². The van der Waals surface area contributed by atoms with Gasteiger partial charge < -0.3 is 15.0 Å². The number of piperidine rings is 1. The molecular formula is C9H18N2O2. The summed E-state index contributed by atoms with van der Waals surface area (Å²) in [5.41, 5.74) is 0. The third kappa shape index (κ3) is 3.74. The van der Waals surface area contributed by atoms with Crippen molar-refractivity contribution in [1.29, 1.82) is 0 Å². The average molecular weight is 186 g/mol. The van der Waals surface area contributed by atoms with Crippen molar-refractivity contribution in [2.75, 3.05) is 33.3 Å². The molecule has 1 amide bonds. The van der Waals surface area contributed by atoms with E-state index < -0.39 is 0 Å². The molecule has 0 aromatic carbocycles. The number of nitrogens with one attached hydrogen (secondary N) is 1. The molecule has 13 heavy (non-hydrogen) atoms. The molecule has 4 nitrogen and oxygen atoms in total. The summed E-state index contributed by atoms with van der Waals surface area (Å²) in [6.45, 7) is 3.87. The molecule has 0 aromatic rings. The van der Waals surface area contributed by atoms with E-state index in [-0.39, 0.29) is 0 Å². The van der Waals surface area contributed by atoms with Crippen molar-refractivity contribution in [2.24, 2.45) is 0 Å². The Morgan fingerprint density at radius 1 is 1.54 bits per heavy atom. The first kappa shape index (κ1) is 10.5. The van der Waals surface area contributed by atoms with Crippen LogP contribution in [0.25, 0.3) is 0 Å². The first-order chi connectivity index (χ1) is 6.36. The van der Waals surface area contributed by atoms with Crippen LogP contribution >= 0.6 is 0 Å². The SMILES string of the molecule is COC1CCN(CCNC=O)CC1. The highest BCUT2D eigenvalue weighted by Crippen LogP contribution is 2.11. The van der Waals surface area contributed by atoms with Crippen LogP contribution in [0.2, 0.25) is 0 Å². The lowest BCUT2D eigenvalue weighted by molar-refractivity contribution is -0.109. The lowest BCUT2D eigenvalue weighted by atomic mass is 10.1. The molecule has 0 atom stereocenters. The lowest BCUT2D eigenvalue weighted by Gasteiger charge is -2.30. The summed E-state index contributed by atoms with van der Waals surface area (Å²) in [6, 6.07) is 0. The number of hydrogen-bond acceptors (Lipinski definition) is 3. The number of ether oxygens (including phenoxy) is 1. The normalized spacial score (nSPS) is 20.1. The minimum Gasteiger partial charge on any atom is -0.381 e. The van der Waals surface area contributed by atoms with Gasteiger partial charge in [0, 0.05) is 33.3 Å². The van der Waals surface area contributed by atoms with Crippen LogP contribution in [0.4, 0.5) is 0 Å². The maximum absolute atomic E-state index is 10.00. The molecule has 0 unspecified atom stereocenters. The quantitative estimate of drug-likeness (QED) is 0.479. The van der Waals surface area contributed by atoms with E-state index in [1.807, 2.05) is 0 Å². The van der Waals surface area contributed by atoms with Gasteiger partial charge in [-0.1, -0.05) is 0 Å². The van der Waals surface area contributed by atoms with Gasteiger partial charge in [0.15, 0.2) is 0 Å². The third-order valence-electron chi connectivity index (χ3n) is 2.52. The van der Waals surface area contributed by atoms with Crippen LogP contribution in [-0.2, 0) is 9.53 Å². The van der Waals surface area contributed by atoms with E-state index in [4.69, 9.17) is 4.74 Å². The molecule has 0 saturated carbocycles. The fourth-order valence-corrected chi connectivity index (χ4v) is 1.65. The minimum atomic E-state index is 0.440. The summed E-state index contributed by atoms with van der Waals surface area (Å²) < 4.78 is 5.27. The van der Waals surface area contributed by atoms with Crippen LogP contribution in [0.1, 0.15) is 12.8 Å². The fourth-order valence-electron chi connectivity index (χ4n) is 1.65. The zero-order valence-corrected chi connectivity index (χ0v) is 8.16. The van der Waals surface area contributed by atoms with Crippen molar-refractivity contribution in [3.8, 4) is 0 Å². The number of nitrogens with zero attached hydrogens (tertiary/aromatic N) is 1. The zero-order valence-electron chi connectivity index (χ0n) is 8.16. The highest BCUT2D eigenvalue weighted by Gasteiger charge is 2.17. The summed E-state index contributed by atoms with van der Waals surface area (Å²) in [7, 11) is 1.77. The minimum absolute atomic E-state index is 0.440. The summed E-state index contributed by atoms with van der Waals surface area (Å²) in [4.78, 5) is 12.3. The molecule has 1 fully saturated rings. The second-order valence-electron chi connectivity index (χ2n) is 3.35. The Bertz CT molecular complexity index is 145. The van der Waals surface area contributed by atoms with E-state index in [2.05, 4.69) is 10.2 Å². The van der Waals surface area contributed by atoms with Crippen LogP contribution in [0.3, 0.4) is 0 Å². The molecule has 1 heterocycles. The van der Waals surface area contributed by atoms with Crippen LogP contribution in [0.15, 0.2) is 0 Å². The summed E-state index contributed by atoms with van der Waals surface area (Å²) >= 11 is 0. The van der Waals surface area contributed by atoms with E-state index >= 15 is 0 Å². The van der Waals surface area contributed by atoms with Crippen molar-refractivity contribution >= 4 is 6.41 Å². The number of hydrogen-bond donors (Lipinski definition) is 1. The number of amides is 1. The first-order valence-electron chi connectivity index (χ1n) is 4.79. The molecule has 0 spiro atoms. The molecule has 1 saturated heterocycles. The molecule has 1 N–H and O–H groups in total. The maximum atomic E-state index is 10.00. The smallest absolute Gasteiger partial charge is 0.207 e. The summed E-state index contributed by atoms with van der Waals surface area (Å²) in [5, 5.41) is 2.67. The Hall–Kier alpha value is -0.610. The van der Waals surface area contributed by atoms with E-state index in [1.54, 1.807) is 7.11 Å². The van der Waals surface area contributed by atoms with E-state index in [0.717, 1.165) is 45.4 Å². The molecule has 4 heteroatoms. The number of rotatable bonds is 5. The zero-order chi connectivity index (χ0) is 9.52. The van der Waals surface area contributed by atoms with Crippen LogP contribution < -0.4 is 5.32 Å². The Balaban J connectivity index is 2.06. The van der Waals surface area contributed by atoms with Gasteiger partial charge in [-0.25, -0.2) is 0 Å². The monoisotopic (exact) mass is 186 g/mol.